The summed E-state index contributed by atoms with van der Waals surface area (Å²) in [4.78, 5) is 27.2. The number of carbonyl (C=O) groups is 2. The van der Waals surface area contributed by atoms with Crippen LogP contribution in [0.3, 0.4) is 0 Å². The zero-order chi connectivity index (χ0) is 21.9. The van der Waals surface area contributed by atoms with E-state index in [4.69, 9.17) is 4.74 Å². The van der Waals surface area contributed by atoms with E-state index in [-0.39, 0.29) is 11.8 Å². The molecule has 0 aliphatic heterocycles. The van der Waals surface area contributed by atoms with Crippen LogP contribution in [0.25, 0.3) is 0 Å². The normalized spacial score (nSPS) is 11.6. The Morgan fingerprint density at radius 1 is 1.17 bits per heavy atom. The zero-order valence-electron chi connectivity index (χ0n) is 17.7. The van der Waals surface area contributed by atoms with Crippen molar-refractivity contribution >= 4 is 39.5 Å². The van der Waals surface area contributed by atoms with E-state index in [1.165, 1.54) is 0 Å². The Morgan fingerprint density at radius 2 is 1.90 bits per heavy atom. The van der Waals surface area contributed by atoms with Gasteiger partial charge >= 0.3 is 0 Å². The number of benzene rings is 2. The Kier molecular flexibility index (Phi) is 10.2. The molecule has 0 aromatic heterocycles. The van der Waals surface area contributed by atoms with Gasteiger partial charge in [0.1, 0.15) is 11.8 Å². The number of hydrogen-bond acceptors (Lipinski definition) is 4. The molecule has 0 fully saturated rings. The summed E-state index contributed by atoms with van der Waals surface area (Å²) in [7, 11) is 1.64. The molecule has 0 unspecified atom stereocenters. The van der Waals surface area contributed by atoms with Crippen LogP contribution >= 0.6 is 27.7 Å². The number of halogens is 1. The third kappa shape index (κ3) is 7.69. The van der Waals surface area contributed by atoms with E-state index in [2.05, 4.69) is 21.2 Å². The fraction of sp³-hybridized carbons (Fsp3) is 0.391. The van der Waals surface area contributed by atoms with Crippen molar-refractivity contribution in [3.05, 3.63) is 64.1 Å². The Morgan fingerprint density at radius 3 is 2.53 bits per heavy atom. The summed E-state index contributed by atoms with van der Waals surface area (Å²) in [6, 6.07) is 15.1. The number of carbonyl (C=O) groups excluding carboxylic acids is 2. The van der Waals surface area contributed by atoms with Gasteiger partial charge in [-0.2, -0.15) is 0 Å². The second kappa shape index (κ2) is 12.6. The van der Waals surface area contributed by atoms with Crippen LogP contribution in [0.1, 0.15) is 31.4 Å². The average Bonchev–Trinajstić information content (AvgIpc) is 2.75. The van der Waals surface area contributed by atoms with Crippen LogP contribution in [0.2, 0.25) is 0 Å². The van der Waals surface area contributed by atoms with Crippen LogP contribution in [-0.2, 0) is 21.9 Å². The van der Waals surface area contributed by atoms with Crippen LogP contribution in [-0.4, -0.2) is 42.2 Å². The lowest BCUT2D eigenvalue weighted by Gasteiger charge is -2.29. The maximum atomic E-state index is 13.0. The van der Waals surface area contributed by atoms with Gasteiger partial charge in [0.05, 0.1) is 12.9 Å². The number of methoxy groups -OCH3 is 1. The molecule has 1 N–H and O–H groups in total. The van der Waals surface area contributed by atoms with Gasteiger partial charge in [0, 0.05) is 23.3 Å². The van der Waals surface area contributed by atoms with Gasteiger partial charge in [-0.3, -0.25) is 9.59 Å². The van der Waals surface area contributed by atoms with Gasteiger partial charge in [-0.15, -0.1) is 11.8 Å². The van der Waals surface area contributed by atoms with Crippen LogP contribution in [0.5, 0.6) is 5.75 Å². The summed E-state index contributed by atoms with van der Waals surface area (Å²) in [5.41, 5.74) is 2.11. The molecule has 5 nitrogen and oxygen atoms in total. The monoisotopic (exact) mass is 492 g/mol. The lowest BCUT2D eigenvalue weighted by atomic mass is 10.1. The predicted octanol–water partition coefficient (Wildman–Crippen LogP) is 4.63. The van der Waals surface area contributed by atoms with E-state index in [1.807, 2.05) is 55.5 Å². The van der Waals surface area contributed by atoms with Crippen molar-refractivity contribution in [3.63, 3.8) is 0 Å². The highest BCUT2D eigenvalue weighted by Gasteiger charge is 2.25. The van der Waals surface area contributed by atoms with Gasteiger partial charge in [0.2, 0.25) is 11.8 Å². The quantitative estimate of drug-likeness (QED) is 0.496. The molecule has 0 spiro atoms. The van der Waals surface area contributed by atoms with E-state index >= 15 is 0 Å². The third-order valence-electron chi connectivity index (χ3n) is 4.61. The molecule has 0 saturated heterocycles. The Hall–Kier alpha value is -1.99. The highest BCUT2D eigenvalue weighted by molar-refractivity contribution is 9.10. The van der Waals surface area contributed by atoms with Crippen molar-refractivity contribution in [1.82, 2.24) is 10.2 Å². The van der Waals surface area contributed by atoms with Crippen molar-refractivity contribution in [1.29, 1.82) is 0 Å². The fourth-order valence-corrected chi connectivity index (χ4v) is 4.19. The standard InChI is InChI=1S/C23H29BrN2O3S/c1-4-12-25-23(28)17(2)26(14-19-6-5-7-20(24)13-19)22(27)16-30-15-18-8-10-21(29-3)11-9-18/h5-11,13,17H,4,12,14-16H2,1-3H3,(H,25,28)/t17-/m0/s1. The molecule has 0 heterocycles. The van der Waals surface area contributed by atoms with Crippen LogP contribution in [0, 0.1) is 0 Å². The van der Waals surface area contributed by atoms with E-state index in [0.29, 0.717) is 18.8 Å². The largest absolute Gasteiger partial charge is 0.497 e. The summed E-state index contributed by atoms with van der Waals surface area (Å²) in [5.74, 6) is 1.67. The highest BCUT2D eigenvalue weighted by atomic mass is 79.9. The van der Waals surface area contributed by atoms with Crippen LogP contribution < -0.4 is 10.1 Å². The first-order valence-corrected chi connectivity index (χ1v) is 11.9. The second-order valence-electron chi connectivity index (χ2n) is 6.96. The molecule has 0 aliphatic rings. The highest BCUT2D eigenvalue weighted by Crippen LogP contribution is 2.19. The molecule has 0 saturated carbocycles. The van der Waals surface area contributed by atoms with Gasteiger partial charge in [-0.05, 0) is 48.7 Å². The molecular formula is C23H29BrN2O3S. The van der Waals surface area contributed by atoms with Gasteiger partial charge < -0.3 is 15.0 Å². The third-order valence-corrected chi connectivity index (χ3v) is 6.09. The zero-order valence-corrected chi connectivity index (χ0v) is 20.1. The molecule has 30 heavy (non-hydrogen) atoms. The van der Waals surface area contributed by atoms with E-state index < -0.39 is 6.04 Å². The summed E-state index contributed by atoms with van der Waals surface area (Å²) < 4.78 is 6.12. The first-order valence-electron chi connectivity index (χ1n) is 9.97. The number of amides is 2. The molecule has 2 aromatic carbocycles. The Balaban J connectivity index is 2.03. The van der Waals surface area contributed by atoms with Gasteiger partial charge in [0.15, 0.2) is 0 Å². The summed E-state index contributed by atoms with van der Waals surface area (Å²) in [6.45, 7) is 4.79. The number of nitrogens with zero attached hydrogens (tertiary/aromatic N) is 1. The topological polar surface area (TPSA) is 58.6 Å². The molecule has 2 aromatic rings. The van der Waals surface area contributed by atoms with E-state index in [9.17, 15) is 9.59 Å². The predicted molar refractivity (Wildman–Crippen MR) is 127 cm³/mol. The van der Waals surface area contributed by atoms with Gasteiger partial charge in [-0.1, -0.05) is 47.1 Å². The molecule has 0 aliphatic carbocycles. The molecule has 0 radical (unpaired) electrons. The SMILES string of the molecule is CCCNC(=O)[C@H](C)N(Cc1cccc(Br)c1)C(=O)CSCc1ccc(OC)cc1. The van der Waals surface area contributed by atoms with Crippen molar-refractivity contribution in [2.75, 3.05) is 19.4 Å². The average molecular weight is 493 g/mol. The molecule has 162 valence electrons. The minimum Gasteiger partial charge on any atom is -0.497 e. The van der Waals surface area contributed by atoms with Crippen molar-refractivity contribution in [3.8, 4) is 5.75 Å². The lowest BCUT2D eigenvalue weighted by molar-refractivity contribution is -0.138. The number of hydrogen-bond donors (Lipinski definition) is 1. The smallest absolute Gasteiger partial charge is 0.242 e. The maximum Gasteiger partial charge on any atom is 0.242 e. The van der Waals surface area contributed by atoms with Crippen LogP contribution in [0.15, 0.2) is 53.0 Å². The van der Waals surface area contributed by atoms with Gasteiger partial charge in [-0.25, -0.2) is 0 Å². The minimum absolute atomic E-state index is 0.0485. The van der Waals surface area contributed by atoms with Crippen molar-refractivity contribution in [2.24, 2.45) is 0 Å². The number of rotatable bonds is 11. The molecule has 0 bridgehead atoms. The number of nitrogens with one attached hydrogen (secondary N) is 1. The molecule has 2 rings (SSSR count). The summed E-state index contributed by atoms with van der Waals surface area (Å²) in [5, 5.41) is 2.90. The van der Waals surface area contributed by atoms with E-state index in [1.54, 1.807) is 30.7 Å². The first-order chi connectivity index (χ1) is 14.4. The molecular weight excluding hydrogens is 464 g/mol. The Bertz CT molecular complexity index is 829. The number of thioether (sulfide) groups is 1. The van der Waals surface area contributed by atoms with Crippen LogP contribution in [0.4, 0.5) is 0 Å². The summed E-state index contributed by atoms with van der Waals surface area (Å²) in [6.07, 6.45) is 0.857. The second-order valence-corrected chi connectivity index (χ2v) is 8.86. The number of ether oxygens (including phenoxy) is 1. The molecule has 7 heteroatoms. The van der Waals surface area contributed by atoms with E-state index in [0.717, 1.165) is 33.5 Å². The fourth-order valence-electron chi connectivity index (χ4n) is 2.87. The van der Waals surface area contributed by atoms with Crippen molar-refractivity contribution in [2.45, 2.75) is 38.6 Å². The lowest BCUT2D eigenvalue weighted by Crippen LogP contribution is -2.48. The molecule has 1 atom stereocenters. The Labute approximate surface area is 191 Å². The van der Waals surface area contributed by atoms with Gasteiger partial charge in [0.25, 0.3) is 0 Å². The summed E-state index contributed by atoms with van der Waals surface area (Å²) >= 11 is 5.02. The van der Waals surface area contributed by atoms with Crippen molar-refractivity contribution < 1.29 is 14.3 Å². The minimum atomic E-state index is -0.537. The molecule has 2 amide bonds. The maximum absolute atomic E-state index is 13.0. The first kappa shape index (κ1) is 24.3.